The highest BCUT2D eigenvalue weighted by atomic mass is 32.2. The fourth-order valence-electron chi connectivity index (χ4n) is 2.61. The van der Waals surface area contributed by atoms with Crippen molar-refractivity contribution in [3.63, 3.8) is 0 Å². The van der Waals surface area contributed by atoms with Crippen molar-refractivity contribution in [1.82, 2.24) is 4.72 Å². The molecule has 0 heterocycles. The Morgan fingerprint density at radius 3 is 2.57 bits per heavy atom. The molecule has 2 aliphatic carbocycles. The first-order valence-corrected chi connectivity index (χ1v) is 9.08. The van der Waals surface area contributed by atoms with Crippen LogP contribution in [0.2, 0.25) is 0 Å². The van der Waals surface area contributed by atoms with Crippen LogP contribution in [0, 0.1) is 5.41 Å². The third-order valence-corrected chi connectivity index (χ3v) is 5.94. The molecule has 3 rings (SSSR count). The maximum Gasteiger partial charge on any atom is 0.242 e. The van der Waals surface area contributed by atoms with E-state index in [0.717, 1.165) is 25.8 Å². The van der Waals surface area contributed by atoms with Gasteiger partial charge in [0.25, 0.3) is 0 Å². The van der Waals surface area contributed by atoms with Gasteiger partial charge in [-0.15, -0.1) is 0 Å². The molecule has 0 atom stereocenters. The number of anilines is 1. The summed E-state index contributed by atoms with van der Waals surface area (Å²) >= 11 is 0. The normalized spacial score (nSPS) is 20.2. The third kappa shape index (κ3) is 3.56. The number of nitrogens with two attached hydrogens (primary N) is 1. The lowest BCUT2D eigenvalue weighted by Gasteiger charge is -2.18. The molecular formula is C15H23N3O2S. The predicted octanol–water partition coefficient (Wildman–Crippen LogP) is 1.67. The van der Waals surface area contributed by atoms with E-state index in [2.05, 4.69) is 10.0 Å². The van der Waals surface area contributed by atoms with E-state index in [1.54, 1.807) is 12.1 Å². The van der Waals surface area contributed by atoms with Crippen LogP contribution in [0.25, 0.3) is 0 Å². The monoisotopic (exact) mass is 309 g/mol. The van der Waals surface area contributed by atoms with Crippen molar-refractivity contribution in [2.45, 2.75) is 43.0 Å². The van der Waals surface area contributed by atoms with Gasteiger partial charge in [0.2, 0.25) is 10.0 Å². The molecule has 0 bridgehead atoms. The van der Waals surface area contributed by atoms with Gasteiger partial charge in [-0.25, -0.2) is 13.1 Å². The van der Waals surface area contributed by atoms with Crippen LogP contribution < -0.4 is 15.8 Å². The maximum absolute atomic E-state index is 12.4. The lowest BCUT2D eigenvalue weighted by molar-refractivity contribution is 0.500. The van der Waals surface area contributed by atoms with Gasteiger partial charge < -0.3 is 11.1 Å². The van der Waals surface area contributed by atoms with Crippen LogP contribution in [-0.2, 0) is 10.0 Å². The molecule has 2 aliphatic rings. The summed E-state index contributed by atoms with van der Waals surface area (Å²) in [4.78, 5) is 0.348. The Kier molecular flexibility index (Phi) is 3.94. The number of sulfonamides is 1. The molecule has 1 aromatic rings. The molecule has 0 radical (unpaired) electrons. The molecule has 116 valence electrons. The Bertz CT molecular complexity index is 607. The van der Waals surface area contributed by atoms with Crippen molar-refractivity contribution in [1.29, 1.82) is 0 Å². The Hall–Kier alpha value is -1.11. The van der Waals surface area contributed by atoms with Crippen LogP contribution in [0.5, 0.6) is 0 Å². The molecule has 0 amide bonds. The Morgan fingerprint density at radius 2 is 1.95 bits per heavy atom. The smallest absolute Gasteiger partial charge is 0.242 e. The van der Waals surface area contributed by atoms with Crippen LogP contribution in [0.4, 0.5) is 5.69 Å². The molecule has 1 aromatic carbocycles. The highest BCUT2D eigenvalue weighted by molar-refractivity contribution is 7.89. The van der Waals surface area contributed by atoms with Gasteiger partial charge in [-0.2, -0.15) is 0 Å². The lowest BCUT2D eigenvalue weighted by atomic mass is 10.0. The molecule has 6 heteroatoms. The van der Waals surface area contributed by atoms with Gasteiger partial charge in [-0.05, 0) is 56.2 Å². The topological polar surface area (TPSA) is 84.2 Å². The van der Waals surface area contributed by atoms with E-state index in [1.165, 1.54) is 12.8 Å². The number of rotatable bonds is 8. The van der Waals surface area contributed by atoms with Crippen molar-refractivity contribution in [3.8, 4) is 0 Å². The van der Waals surface area contributed by atoms with Crippen LogP contribution in [-0.4, -0.2) is 27.5 Å². The van der Waals surface area contributed by atoms with Crippen LogP contribution in [0.1, 0.15) is 32.1 Å². The van der Waals surface area contributed by atoms with Gasteiger partial charge in [0.05, 0.1) is 5.69 Å². The highest BCUT2D eigenvalue weighted by Gasteiger charge is 2.41. The summed E-state index contributed by atoms with van der Waals surface area (Å²) in [7, 11) is -3.42. The van der Waals surface area contributed by atoms with Gasteiger partial charge in [-0.3, -0.25) is 0 Å². The van der Waals surface area contributed by atoms with E-state index in [0.29, 0.717) is 17.1 Å². The van der Waals surface area contributed by atoms with Crippen LogP contribution >= 0.6 is 0 Å². The Balaban J connectivity index is 1.73. The maximum atomic E-state index is 12.4. The van der Waals surface area contributed by atoms with E-state index in [-0.39, 0.29) is 11.5 Å². The van der Waals surface area contributed by atoms with Gasteiger partial charge in [0.1, 0.15) is 4.90 Å². The molecule has 0 aromatic heterocycles. The minimum atomic E-state index is -3.42. The number of benzene rings is 1. The van der Waals surface area contributed by atoms with E-state index in [1.807, 2.05) is 12.1 Å². The van der Waals surface area contributed by atoms with E-state index in [4.69, 9.17) is 5.73 Å². The summed E-state index contributed by atoms with van der Waals surface area (Å²) in [6, 6.07) is 7.24. The quantitative estimate of drug-likeness (QED) is 0.682. The van der Waals surface area contributed by atoms with Gasteiger partial charge in [-0.1, -0.05) is 12.1 Å². The Morgan fingerprint density at radius 1 is 1.24 bits per heavy atom. The summed E-state index contributed by atoms with van der Waals surface area (Å²) in [5, 5.41) is 3.33. The summed E-state index contributed by atoms with van der Waals surface area (Å²) in [6.07, 6.45) is 5.22. The second-order valence-electron chi connectivity index (χ2n) is 6.28. The van der Waals surface area contributed by atoms with Crippen LogP contribution in [0.3, 0.4) is 0 Å². The minimum absolute atomic E-state index is 0.120. The van der Waals surface area contributed by atoms with Crippen molar-refractivity contribution < 1.29 is 8.42 Å². The predicted molar refractivity (Wildman–Crippen MR) is 83.6 cm³/mol. The minimum Gasteiger partial charge on any atom is -0.383 e. The summed E-state index contributed by atoms with van der Waals surface area (Å²) in [5.74, 6) is 0. The molecule has 21 heavy (non-hydrogen) atoms. The fourth-order valence-corrected chi connectivity index (χ4v) is 4.10. The molecular weight excluding hydrogens is 286 g/mol. The van der Waals surface area contributed by atoms with Crippen molar-refractivity contribution in [3.05, 3.63) is 24.3 Å². The molecule has 0 aliphatic heterocycles. The third-order valence-electron chi connectivity index (χ3n) is 4.36. The molecule has 0 spiro atoms. The highest BCUT2D eigenvalue weighted by Crippen LogP contribution is 2.48. The summed E-state index contributed by atoms with van der Waals surface area (Å²) in [6.45, 7) is 1.48. The van der Waals surface area contributed by atoms with Crippen molar-refractivity contribution in [2.24, 2.45) is 11.1 Å². The Labute approximate surface area is 126 Å². The van der Waals surface area contributed by atoms with E-state index in [9.17, 15) is 8.42 Å². The van der Waals surface area contributed by atoms with Crippen molar-refractivity contribution >= 4 is 15.7 Å². The van der Waals surface area contributed by atoms with E-state index >= 15 is 0 Å². The zero-order chi connectivity index (χ0) is 14.9. The first-order valence-electron chi connectivity index (χ1n) is 7.60. The first kappa shape index (κ1) is 14.8. The average molecular weight is 309 g/mol. The fraction of sp³-hybridized carbons (Fsp3) is 0.600. The number of nitrogens with one attached hydrogen (secondary N) is 2. The van der Waals surface area contributed by atoms with Crippen molar-refractivity contribution in [2.75, 3.05) is 18.4 Å². The molecule has 2 fully saturated rings. The molecule has 5 nitrogen and oxygen atoms in total. The van der Waals surface area contributed by atoms with Gasteiger partial charge in [0.15, 0.2) is 0 Å². The molecule has 4 N–H and O–H groups in total. The molecule has 0 unspecified atom stereocenters. The number of para-hydroxylation sites is 1. The largest absolute Gasteiger partial charge is 0.383 e. The van der Waals surface area contributed by atoms with Crippen LogP contribution in [0.15, 0.2) is 29.2 Å². The van der Waals surface area contributed by atoms with Gasteiger partial charge in [0, 0.05) is 12.6 Å². The second-order valence-corrected chi connectivity index (χ2v) is 7.97. The first-order chi connectivity index (χ1) is 10.0. The number of hydrogen-bond acceptors (Lipinski definition) is 4. The second kappa shape index (κ2) is 5.59. The zero-order valence-corrected chi connectivity index (χ0v) is 13.0. The molecule has 0 saturated heterocycles. The molecule has 2 saturated carbocycles. The summed E-state index contributed by atoms with van der Waals surface area (Å²) in [5.41, 5.74) is 6.61. The SMILES string of the molecule is NCCC1(CNc2ccccc2S(=O)(=O)NC2CC2)CC1. The zero-order valence-electron chi connectivity index (χ0n) is 12.1. The number of hydrogen-bond donors (Lipinski definition) is 3. The average Bonchev–Trinajstić information content (AvgIpc) is 3.36. The lowest BCUT2D eigenvalue weighted by Crippen LogP contribution is -2.27. The summed E-state index contributed by atoms with van der Waals surface area (Å²) < 4.78 is 27.5. The van der Waals surface area contributed by atoms with E-state index < -0.39 is 10.0 Å². The standard InChI is InChI=1S/C15H23N3O2S/c16-10-9-15(7-8-15)11-17-13-3-1-2-4-14(13)21(19,20)18-12-5-6-12/h1-4,12,17-18H,5-11,16H2. The van der Waals surface area contributed by atoms with Gasteiger partial charge >= 0.3 is 0 Å².